The molecule has 1 aromatic heterocycles. The number of halogens is 4. The monoisotopic (exact) mass is 379 g/mol. The van der Waals surface area contributed by atoms with Gasteiger partial charge in [0.25, 0.3) is 5.56 Å². The van der Waals surface area contributed by atoms with Gasteiger partial charge in [0, 0.05) is 23.4 Å². The first-order valence-electron chi connectivity index (χ1n) is 7.65. The lowest BCUT2D eigenvalue weighted by molar-refractivity contribution is 0.298. The molecule has 1 heterocycles. The van der Waals surface area contributed by atoms with E-state index in [1.807, 2.05) is 0 Å². The van der Waals surface area contributed by atoms with Crippen molar-refractivity contribution in [2.75, 3.05) is 0 Å². The van der Waals surface area contributed by atoms with Gasteiger partial charge in [-0.15, -0.1) is 0 Å². The average Bonchev–Trinajstić information content (AvgIpc) is 2.61. The summed E-state index contributed by atoms with van der Waals surface area (Å²) in [6, 6.07) is 10.6. The predicted octanol–water partition coefficient (Wildman–Crippen LogP) is 4.55. The van der Waals surface area contributed by atoms with E-state index < -0.39 is 23.0 Å². The minimum atomic E-state index is -0.756. The molecule has 0 unspecified atom stereocenters. The quantitative estimate of drug-likeness (QED) is 0.651. The maximum Gasteiger partial charge on any atom is 0.273 e. The molecule has 0 spiro atoms. The Morgan fingerprint density at radius 3 is 2.46 bits per heavy atom. The van der Waals surface area contributed by atoms with E-state index >= 15 is 0 Å². The molecule has 0 aliphatic carbocycles. The lowest BCUT2D eigenvalue weighted by atomic mass is 10.2. The van der Waals surface area contributed by atoms with Crippen molar-refractivity contribution in [3.8, 4) is 5.75 Å². The van der Waals surface area contributed by atoms with Crippen LogP contribution in [0.3, 0.4) is 0 Å². The van der Waals surface area contributed by atoms with E-state index in [9.17, 15) is 18.0 Å². The van der Waals surface area contributed by atoms with Gasteiger partial charge in [-0.1, -0.05) is 29.8 Å². The molecule has 3 aromatic rings. The Morgan fingerprint density at radius 1 is 0.962 bits per heavy atom. The fraction of sp³-hybridized carbons (Fsp3) is 0.105. The topological polar surface area (TPSA) is 31.2 Å². The van der Waals surface area contributed by atoms with E-state index in [-0.39, 0.29) is 29.5 Å². The third kappa shape index (κ3) is 3.91. The molecule has 0 N–H and O–H groups in total. The van der Waals surface area contributed by atoms with E-state index in [1.54, 1.807) is 18.2 Å². The van der Waals surface area contributed by atoms with Crippen LogP contribution in [0.15, 0.2) is 59.5 Å². The Labute approximate surface area is 152 Å². The van der Waals surface area contributed by atoms with Gasteiger partial charge >= 0.3 is 0 Å². The van der Waals surface area contributed by atoms with Crippen molar-refractivity contribution < 1.29 is 17.9 Å². The summed E-state index contributed by atoms with van der Waals surface area (Å²) >= 11 is 6.03. The fourth-order valence-corrected chi connectivity index (χ4v) is 2.60. The van der Waals surface area contributed by atoms with Gasteiger partial charge in [-0.05, 0) is 24.3 Å². The molecule has 0 bridgehead atoms. The van der Waals surface area contributed by atoms with Crippen molar-refractivity contribution in [2.45, 2.75) is 13.2 Å². The average molecular weight is 380 g/mol. The summed E-state index contributed by atoms with van der Waals surface area (Å²) in [4.78, 5) is 12.3. The van der Waals surface area contributed by atoms with E-state index in [0.717, 1.165) is 12.1 Å². The normalized spacial score (nSPS) is 10.8. The lowest BCUT2D eigenvalue weighted by Crippen LogP contribution is -2.21. The molecular weight excluding hydrogens is 367 g/mol. The molecule has 2 aromatic carbocycles. The zero-order valence-corrected chi connectivity index (χ0v) is 14.1. The van der Waals surface area contributed by atoms with Gasteiger partial charge in [-0.25, -0.2) is 13.2 Å². The Kier molecular flexibility index (Phi) is 5.32. The first-order valence-corrected chi connectivity index (χ1v) is 8.02. The van der Waals surface area contributed by atoms with Crippen molar-refractivity contribution in [1.82, 2.24) is 4.57 Å². The van der Waals surface area contributed by atoms with Crippen LogP contribution in [0.5, 0.6) is 5.75 Å². The van der Waals surface area contributed by atoms with E-state index in [1.165, 1.54) is 29.0 Å². The second-order valence-electron chi connectivity index (χ2n) is 5.54. The zero-order chi connectivity index (χ0) is 18.7. The Morgan fingerprint density at radius 2 is 1.73 bits per heavy atom. The van der Waals surface area contributed by atoms with Crippen molar-refractivity contribution in [3.05, 3.63) is 98.7 Å². The SMILES string of the molecule is O=c1c(Cl)c(OCc2ccc(F)cc2F)ccn1Cc1ccccc1F. The highest BCUT2D eigenvalue weighted by Gasteiger charge is 2.12. The Hall–Kier alpha value is -2.73. The number of hydrogen-bond donors (Lipinski definition) is 0. The zero-order valence-electron chi connectivity index (χ0n) is 13.4. The summed E-state index contributed by atoms with van der Waals surface area (Å²) in [6.07, 6.45) is 1.41. The number of ether oxygens (including phenoxy) is 1. The molecule has 0 saturated carbocycles. The van der Waals surface area contributed by atoms with Crippen molar-refractivity contribution in [1.29, 1.82) is 0 Å². The highest BCUT2D eigenvalue weighted by Crippen LogP contribution is 2.22. The number of rotatable bonds is 5. The van der Waals surface area contributed by atoms with Crippen LogP contribution in [-0.2, 0) is 13.2 Å². The van der Waals surface area contributed by atoms with Crippen LogP contribution in [0, 0.1) is 17.5 Å². The molecule has 0 fully saturated rings. The standard InChI is InChI=1S/C19H13ClF3NO2/c20-18-17(26-11-13-5-6-14(21)9-16(13)23)7-8-24(19(18)25)10-12-3-1-2-4-15(12)22/h1-9H,10-11H2. The van der Waals surface area contributed by atoms with E-state index in [0.29, 0.717) is 5.56 Å². The van der Waals surface area contributed by atoms with Crippen molar-refractivity contribution in [3.63, 3.8) is 0 Å². The van der Waals surface area contributed by atoms with Crippen LogP contribution < -0.4 is 10.3 Å². The van der Waals surface area contributed by atoms with E-state index in [4.69, 9.17) is 16.3 Å². The molecule has 7 heteroatoms. The van der Waals surface area contributed by atoms with Crippen LogP contribution in [-0.4, -0.2) is 4.57 Å². The van der Waals surface area contributed by atoms with Gasteiger partial charge in [0.2, 0.25) is 0 Å². The van der Waals surface area contributed by atoms with Crippen molar-refractivity contribution >= 4 is 11.6 Å². The van der Waals surface area contributed by atoms with Crippen LogP contribution in [0.2, 0.25) is 5.02 Å². The summed E-state index contributed by atoms with van der Waals surface area (Å²) in [6.45, 7) is -0.208. The van der Waals surface area contributed by atoms with Crippen LogP contribution in [0.4, 0.5) is 13.2 Å². The number of hydrogen-bond acceptors (Lipinski definition) is 2. The predicted molar refractivity (Wildman–Crippen MR) is 91.9 cm³/mol. The fourth-order valence-electron chi connectivity index (χ4n) is 2.37. The van der Waals surface area contributed by atoms with Gasteiger partial charge in [-0.3, -0.25) is 4.79 Å². The van der Waals surface area contributed by atoms with Gasteiger partial charge in [0.05, 0.1) is 6.54 Å². The summed E-state index contributed by atoms with van der Waals surface area (Å²) in [7, 11) is 0. The molecule has 0 atom stereocenters. The highest BCUT2D eigenvalue weighted by molar-refractivity contribution is 6.31. The van der Waals surface area contributed by atoms with Crippen LogP contribution in [0.25, 0.3) is 0 Å². The molecule has 26 heavy (non-hydrogen) atoms. The van der Waals surface area contributed by atoms with Crippen molar-refractivity contribution in [2.24, 2.45) is 0 Å². The van der Waals surface area contributed by atoms with Gasteiger partial charge in [-0.2, -0.15) is 0 Å². The minimum absolute atomic E-state index is 0.0120. The third-order valence-corrected chi connectivity index (χ3v) is 4.12. The molecular formula is C19H13ClF3NO2. The first kappa shape index (κ1) is 18.1. The maximum atomic E-state index is 13.7. The highest BCUT2D eigenvalue weighted by atomic mass is 35.5. The van der Waals surface area contributed by atoms with Gasteiger partial charge < -0.3 is 9.30 Å². The largest absolute Gasteiger partial charge is 0.487 e. The minimum Gasteiger partial charge on any atom is -0.487 e. The number of aromatic nitrogens is 1. The summed E-state index contributed by atoms with van der Waals surface area (Å²) in [5.41, 5.74) is -0.0993. The molecule has 0 aliphatic rings. The van der Waals surface area contributed by atoms with Crippen LogP contribution in [0.1, 0.15) is 11.1 Å². The summed E-state index contributed by atoms with van der Waals surface area (Å²) < 4.78 is 46.9. The van der Waals surface area contributed by atoms with Gasteiger partial charge in [0.15, 0.2) is 0 Å². The van der Waals surface area contributed by atoms with Crippen LogP contribution >= 0.6 is 11.6 Å². The molecule has 3 nitrogen and oxygen atoms in total. The van der Waals surface area contributed by atoms with Gasteiger partial charge in [0.1, 0.15) is 34.8 Å². The lowest BCUT2D eigenvalue weighted by Gasteiger charge is -2.12. The summed E-state index contributed by atoms with van der Waals surface area (Å²) in [5.74, 6) is -1.82. The first-order chi connectivity index (χ1) is 12.5. The summed E-state index contributed by atoms with van der Waals surface area (Å²) in [5, 5.41) is -0.202. The number of pyridine rings is 1. The molecule has 0 aliphatic heterocycles. The Bertz CT molecular complexity index is 1000. The molecule has 0 saturated heterocycles. The van der Waals surface area contributed by atoms with E-state index in [2.05, 4.69) is 0 Å². The molecule has 0 amide bonds. The molecule has 0 radical (unpaired) electrons. The second kappa shape index (κ2) is 7.66. The third-order valence-electron chi connectivity index (χ3n) is 3.77. The molecule has 3 rings (SSSR count). The second-order valence-corrected chi connectivity index (χ2v) is 5.92. The molecule has 134 valence electrons. The number of nitrogens with zero attached hydrogens (tertiary/aromatic N) is 1. The number of benzene rings is 2. The smallest absolute Gasteiger partial charge is 0.273 e. The maximum absolute atomic E-state index is 13.7. The Balaban J connectivity index is 1.79.